The van der Waals surface area contributed by atoms with Crippen LogP contribution in [-0.2, 0) is 23.5 Å². The van der Waals surface area contributed by atoms with Crippen LogP contribution in [-0.4, -0.2) is 30.6 Å². The first-order chi connectivity index (χ1) is 10.9. The topological polar surface area (TPSA) is 99.8 Å². The number of benzene rings is 1. The van der Waals surface area contributed by atoms with Crippen LogP contribution >= 0.6 is 0 Å². The molecule has 0 amide bonds. The van der Waals surface area contributed by atoms with Crippen LogP contribution in [0.2, 0.25) is 0 Å². The fourth-order valence-corrected chi connectivity index (χ4v) is 4.10. The normalized spacial score (nSPS) is 17.2. The first-order valence-corrected chi connectivity index (χ1v) is 8.66. The zero-order chi connectivity index (χ0) is 16.6. The summed E-state index contributed by atoms with van der Waals surface area (Å²) >= 11 is 0. The summed E-state index contributed by atoms with van der Waals surface area (Å²) in [5, 5.41) is 12.2. The predicted octanol–water partition coefficient (Wildman–Crippen LogP) is 0.915. The van der Waals surface area contributed by atoms with E-state index >= 15 is 0 Å². The standard InChI is InChI=1S/C15H17N5O2S/c1-10-15(18-9-20(10)2)23(21,22)19-13-6-12-5-11(7-16)3-4-14(12)17-8-13/h3-5,9,13,17,19H,6,8H2,1-2H3. The number of nitrogens with one attached hydrogen (secondary N) is 2. The summed E-state index contributed by atoms with van der Waals surface area (Å²) in [4.78, 5) is 3.97. The van der Waals surface area contributed by atoms with Crippen molar-refractivity contribution < 1.29 is 8.42 Å². The Bertz CT molecular complexity index is 895. The molecule has 0 radical (unpaired) electrons. The highest BCUT2D eigenvalue weighted by molar-refractivity contribution is 7.89. The summed E-state index contributed by atoms with van der Waals surface area (Å²) in [5.74, 6) is 0. The molecule has 23 heavy (non-hydrogen) atoms. The molecule has 0 saturated carbocycles. The summed E-state index contributed by atoms with van der Waals surface area (Å²) in [6, 6.07) is 7.19. The molecule has 2 aromatic rings. The van der Waals surface area contributed by atoms with Gasteiger partial charge in [0.2, 0.25) is 0 Å². The number of aromatic nitrogens is 2. The number of fused-ring (bicyclic) bond motifs is 1. The van der Waals surface area contributed by atoms with Gasteiger partial charge in [-0.2, -0.15) is 5.26 Å². The highest BCUT2D eigenvalue weighted by Crippen LogP contribution is 2.24. The monoisotopic (exact) mass is 331 g/mol. The van der Waals surface area contributed by atoms with Crippen LogP contribution in [0.15, 0.2) is 29.6 Å². The van der Waals surface area contributed by atoms with E-state index in [4.69, 9.17) is 5.26 Å². The lowest BCUT2D eigenvalue weighted by Gasteiger charge is -2.26. The number of nitrogens with zero attached hydrogens (tertiary/aromatic N) is 3. The van der Waals surface area contributed by atoms with Crippen LogP contribution in [0.25, 0.3) is 0 Å². The minimum Gasteiger partial charge on any atom is -0.383 e. The molecule has 0 fully saturated rings. The van der Waals surface area contributed by atoms with Crippen molar-refractivity contribution >= 4 is 15.7 Å². The van der Waals surface area contributed by atoms with E-state index in [0.717, 1.165) is 11.3 Å². The molecule has 1 aromatic carbocycles. The number of imidazole rings is 1. The smallest absolute Gasteiger partial charge is 0.260 e. The third kappa shape index (κ3) is 2.93. The van der Waals surface area contributed by atoms with Gasteiger partial charge in [-0.15, -0.1) is 0 Å². The van der Waals surface area contributed by atoms with Gasteiger partial charge in [0.15, 0.2) is 5.03 Å². The molecule has 1 unspecified atom stereocenters. The quantitative estimate of drug-likeness (QED) is 0.871. The van der Waals surface area contributed by atoms with E-state index in [1.54, 1.807) is 30.7 Å². The first kappa shape index (κ1) is 15.5. The molecule has 1 aliphatic rings. The molecular formula is C15H17N5O2S. The maximum atomic E-state index is 12.5. The van der Waals surface area contributed by atoms with Crippen molar-refractivity contribution in [3.63, 3.8) is 0 Å². The molecule has 0 bridgehead atoms. The maximum absolute atomic E-state index is 12.5. The molecular weight excluding hydrogens is 314 g/mol. The molecule has 1 atom stereocenters. The van der Waals surface area contributed by atoms with E-state index in [2.05, 4.69) is 21.1 Å². The Labute approximate surface area is 135 Å². The number of hydrogen-bond donors (Lipinski definition) is 2. The summed E-state index contributed by atoms with van der Waals surface area (Å²) in [5.41, 5.74) is 3.03. The van der Waals surface area contributed by atoms with Crippen LogP contribution in [0.4, 0.5) is 5.69 Å². The van der Waals surface area contributed by atoms with Crippen LogP contribution in [0.3, 0.4) is 0 Å². The lowest BCUT2D eigenvalue weighted by Crippen LogP contribution is -2.43. The van der Waals surface area contributed by atoms with Crippen molar-refractivity contribution in [3.8, 4) is 6.07 Å². The Kier molecular flexibility index (Phi) is 3.83. The van der Waals surface area contributed by atoms with Crippen molar-refractivity contribution in [3.05, 3.63) is 41.3 Å². The molecule has 0 saturated heterocycles. The van der Waals surface area contributed by atoms with Gasteiger partial charge in [0.1, 0.15) is 0 Å². The van der Waals surface area contributed by atoms with Crippen LogP contribution in [0.1, 0.15) is 16.8 Å². The second kappa shape index (κ2) is 5.68. The largest absolute Gasteiger partial charge is 0.383 e. The van der Waals surface area contributed by atoms with Gasteiger partial charge in [0.05, 0.1) is 23.7 Å². The van der Waals surface area contributed by atoms with Gasteiger partial charge in [-0.25, -0.2) is 18.1 Å². The SMILES string of the molecule is Cc1c(S(=O)(=O)NC2CNc3ccc(C#N)cc3C2)ncn1C. The van der Waals surface area contributed by atoms with Crippen LogP contribution in [0.5, 0.6) is 0 Å². The predicted molar refractivity (Wildman–Crippen MR) is 85.4 cm³/mol. The average Bonchev–Trinajstić information content (AvgIpc) is 2.86. The van der Waals surface area contributed by atoms with Crippen molar-refractivity contribution in [1.29, 1.82) is 5.26 Å². The minimum absolute atomic E-state index is 0.0524. The van der Waals surface area contributed by atoms with E-state index in [9.17, 15) is 8.42 Å². The van der Waals surface area contributed by atoms with Crippen molar-refractivity contribution in [2.24, 2.45) is 7.05 Å². The maximum Gasteiger partial charge on any atom is 0.260 e. The summed E-state index contributed by atoms with van der Waals surface area (Å²) in [6.45, 7) is 2.21. The van der Waals surface area contributed by atoms with E-state index in [1.165, 1.54) is 6.33 Å². The second-order valence-corrected chi connectivity index (χ2v) is 7.26. The Morgan fingerprint density at radius 1 is 1.48 bits per heavy atom. The third-order valence-electron chi connectivity index (χ3n) is 4.00. The van der Waals surface area contributed by atoms with E-state index in [1.807, 2.05) is 6.07 Å². The van der Waals surface area contributed by atoms with Gasteiger partial charge in [-0.05, 0) is 37.1 Å². The fraction of sp³-hybridized carbons (Fsp3) is 0.333. The lowest BCUT2D eigenvalue weighted by atomic mass is 9.98. The molecule has 2 heterocycles. The first-order valence-electron chi connectivity index (χ1n) is 7.18. The van der Waals surface area contributed by atoms with Crippen molar-refractivity contribution in [1.82, 2.24) is 14.3 Å². The summed E-state index contributed by atoms with van der Waals surface area (Å²) < 4.78 is 29.4. The molecule has 7 nitrogen and oxygen atoms in total. The molecule has 0 aliphatic carbocycles. The fourth-order valence-electron chi connectivity index (χ4n) is 2.67. The molecule has 2 N–H and O–H groups in total. The average molecular weight is 331 g/mol. The highest BCUT2D eigenvalue weighted by atomic mass is 32.2. The summed E-state index contributed by atoms with van der Waals surface area (Å²) in [6.07, 6.45) is 2.01. The molecule has 1 aliphatic heterocycles. The van der Waals surface area contributed by atoms with E-state index in [0.29, 0.717) is 24.2 Å². The number of nitriles is 1. The Morgan fingerprint density at radius 2 is 2.26 bits per heavy atom. The van der Waals surface area contributed by atoms with Gasteiger partial charge < -0.3 is 9.88 Å². The zero-order valence-electron chi connectivity index (χ0n) is 12.9. The number of sulfonamides is 1. The Hall–Kier alpha value is -2.37. The molecule has 1 aromatic heterocycles. The second-order valence-electron chi connectivity index (χ2n) is 5.63. The lowest BCUT2D eigenvalue weighted by molar-refractivity contribution is 0.545. The van der Waals surface area contributed by atoms with Gasteiger partial charge in [-0.1, -0.05) is 0 Å². The molecule has 3 rings (SSSR count). The highest BCUT2D eigenvalue weighted by Gasteiger charge is 2.27. The number of hydrogen-bond acceptors (Lipinski definition) is 5. The van der Waals surface area contributed by atoms with Crippen molar-refractivity contribution in [2.75, 3.05) is 11.9 Å². The van der Waals surface area contributed by atoms with Gasteiger partial charge in [0, 0.05) is 25.3 Å². The van der Waals surface area contributed by atoms with Gasteiger partial charge in [0.25, 0.3) is 10.0 Å². The Morgan fingerprint density at radius 3 is 2.91 bits per heavy atom. The molecule has 120 valence electrons. The minimum atomic E-state index is -3.67. The van der Waals surface area contributed by atoms with Gasteiger partial charge >= 0.3 is 0 Å². The van der Waals surface area contributed by atoms with Crippen LogP contribution < -0.4 is 10.0 Å². The van der Waals surface area contributed by atoms with E-state index < -0.39 is 10.0 Å². The number of anilines is 1. The molecule has 0 spiro atoms. The third-order valence-corrected chi connectivity index (χ3v) is 5.56. The number of rotatable bonds is 3. The summed E-state index contributed by atoms with van der Waals surface area (Å²) in [7, 11) is -1.92. The van der Waals surface area contributed by atoms with Gasteiger partial charge in [-0.3, -0.25) is 0 Å². The molecule has 8 heteroatoms. The number of aryl methyl sites for hydroxylation is 1. The zero-order valence-corrected chi connectivity index (χ0v) is 13.7. The van der Waals surface area contributed by atoms with Crippen molar-refractivity contribution in [2.45, 2.75) is 24.4 Å². The van der Waals surface area contributed by atoms with E-state index in [-0.39, 0.29) is 11.1 Å². The van der Waals surface area contributed by atoms with Crippen LogP contribution in [0, 0.1) is 18.3 Å². The Balaban J connectivity index is 1.82.